The zero-order chi connectivity index (χ0) is 18.0. The highest BCUT2D eigenvalue weighted by molar-refractivity contribution is 9.10. The fourth-order valence-electron chi connectivity index (χ4n) is 2.12. The molecule has 0 saturated carbocycles. The first-order valence-corrected chi connectivity index (χ1v) is 9.14. The number of rotatable bonds is 4. The van der Waals surface area contributed by atoms with Crippen LogP contribution in [-0.4, -0.2) is 11.8 Å². The summed E-state index contributed by atoms with van der Waals surface area (Å²) < 4.78 is 5.87. The van der Waals surface area contributed by atoms with Crippen LogP contribution < -0.4 is 10.6 Å². The molecule has 0 spiro atoms. The summed E-state index contributed by atoms with van der Waals surface area (Å²) in [6.45, 7) is 1.80. The number of hydrogen-bond donors (Lipinski definition) is 2. The maximum Gasteiger partial charge on any atom is 0.291 e. The second-order valence-corrected chi connectivity index (χ2v) is 7.51. The fraction of sp³-hybridized carbons (Fsp3) is 0.0588. The van der Waals surface area contributed by atoms with Crippen molar-refractivity contribution in [3.8, 4) is 0 Å². The Labute approximate surface area is 161 Å². The minimum Gasteiger partial charge on any atom is -0.459 e. The van der Waals surface area contributed by atoms with E-state index in [4.69, 9.17) is 16.0 Å². The van der Waals surface area contributed by atoms with Crippen LogP contribution in [0.5, 0.6) is 0 Å². The molecular weight excluding hydrogens is 428 g/mol. The first kappa shape index (κ1) is 17.7. The Kier molecular flexibility index (Phi) is 5.27. The van der Waals surface area contributed by atoms with E-state index in [1.54, 1.807) is 43.3 Å². The number of halogens is 2. The molecule has 3 rings (SSSR count). The normalized spacial score (nSPS) is 10.5. The molecule has 25 heavy (non-hydrogen) atoms. The zero-order valence-corrected chi connectivity index (χ0v) is 16.1. The SMILES string of the molecule is Cc1cc(NC(=O)c2ccco2)sc1C(=O)Nc1ccc(Br)cc1Cl. The average Bonchev–Trinajstić information content (AvgIpc) is 3.20. The van der Waals surface area contributed by atoms with Gasteiger partial charge in [0.05, 0.1) is 26.9 Å². The van der Waals surface area contributed by atoms with Crippen molar-refractivity contribution < 1.29 is 14.0 Å². The smallest absolute Gasteiger partial charge is 0.291 e. The zero-order valence-electron chi connectivity index (χ0n) is 12.9. The van der Waals surface area contributed by atoms with Crippen LogP contribution in [0.2, 0.25) is 5.02 Å². The third-order valence-electron chi connectivity index (χ3n) is 3.29. The molecular formula is C17H12BrClN2O3S. The van der Waals surface area contributed by atoms with E-state index in [1.807, 2.05) is 0 Å². The molecule has 0 aliphatic carbocycles. The first-order valence-electron chi connectivity index (χ1n) is 7.16. The van der Waals surface area contributed by atoms with Gasteiger partial charge in [-0.3, -0.25) is 9.59 Å². The predicted octanol–water partition coefficient (Wildman–Crippen LogP) is 5.57. The van der Waals surface area contributed by atoms with Gasteiger partial charge in [0.2, 0.25) is 0 Å². The molecule has 0 fully saturated rings. The van der Waals surface area contributed by atoms with E-state index < -0.39 is 0 Å². The summed E-state index contributed by atoms with van der Waals surface area (Å²) >= 11 is 10.6. The summed E-state index contributed by atoms with van der Waals surface area (Å²) in [5.41, 5.74) is 1.27. The number of amides is 2. The molecule has 8 heteroatoms. The Morgan fingerprint density at radius 3 is 2.64 bits per heavy atom. The summed E-state index contributed by atoms with van der Waals surface area (Å²) in [5.74, 6) is -0.446. The lowest BCUT2D eigenvalue weighted by Gasteiger charge is -2.07. The fourth-order valence-corrected chi connectivity index (χ4v) is 3.80. The number of benzene rings is 1. The molecule has 1 aromatic carbocycles. The Bertz CT molecular complexity index is 938. The minimum absolute atomic E-state index is 0.207. The lowest BCUT2D eigenvalue weighted by Crippen LogP contribution is -2.11. The van der Waals surface area contributed by atoms with Crippen LogP contribution in [0.1, 0.15) is 25.8 Å². The van der Waals surface area contributed by atoms with E-state index in [2.05, 4.69) is 26.6 Å². The molecule has 0 bridgehead atoms. The molecule has 2 aromatic heterocycles. The van der Waals surface area contributed by atoms with Crippen molar-refractivity contribution in [1.82, 2.24) is 0 Å². The van der Waals surface area contributed by atoms with Crippen LogP contribution in [-0.2, 0) is 0 Å². The summed E-state index contributed by atoms with van der Waals surface area (Å²) in [7, 11) is 0. The monoisotopic (exact) mass is 438 g/mol. The summed E-state index contributed by atoms with van der Waals surface area (Å²) in [5, 5.41) is 6.49. The second-order valence-electron chi connectivity index (χ2n) is 5.13. The number of furan rings is 1. The lowest BCUT2D eigenvalue weighted by atomic mass is 10.2. The van der Waals surface area contributed by atoms with Crippen molar-refractivity contribution in [1.29, 1.82) is 0 Å². The van der Waals surface area contributed by atoms with Crippen LogP contribution in [0.4, 0.5) is 10.7 Å². The summed E-state index contributed by atoms with van der Waals surface area (Å²) in [4.78, 5) is 25.0. The molecule has 0 saturated heterocycles. The molecule has 0 unspecified atom stereocenters. The van der Waals surface area contributed by atoms with E-state index in [1.165, 1.54) is 17.6 Å². The third kappa shape index (κ3) is 4.12. The number of anilines is 2. The summed E-state index contributed by atoms with van der Waals surface area (Å²) in [6, 6.07) is 10.1. The number of carbonyl (C=O) groups excluding carboxylic acids is 2. The Morgan fingerprint density at radius 1 is 1.16 bits per heavy atom. The highest BCUT2D eigenvalue weighted by atomic mass is 79.9. The van der Waals surface area contributed by atoms with Crippen molar-refractivity contribution >= 4 is 61.4 Å². The summed E-state index contributed by atoms with van der Waals surface area (Å²) in [6.07, 6.45) is 1.43. The van der Waals surface area contributed by atoms with Gasteiger partial charge in [0.1, 0.15) is 0 Å². The van der Waals surface area contributed by atoms with Gasteiger partial charge in [-0.25, -0.2) is 0 Å². The molecule has 3 aromatic rings. The van der Waals surface area contributed by atoms with Crippen molar-refractivity contribution in [2.24, 2.45) is 0 Å². The van der Waals surface area contributed by atoms with Crippen molar-refractivity contribution in [2.75, 3.05) is 10.6 Å². The largest absolute Gasteiger partial charge is 0.459 e. The van der Waals surface area contributed by atoms with Gasteiger partial charge < -0.3 is 15.1 Å². The highest BCUT2D eigenvalue weighted by Gasteiger charge is 2.17. The molecule has 0 aliphatic rings. The molecule has 0 aliphatic heterocycles. The Balaban J connectivity index is 1.75. The van der Waals surface area contributed by atoms with E-state index in [-0.39, 0.29) is 17.6 Å². The Morgan fingerprint density at radius 2 is 1.96 bits per heavy atom. The van der Waals surface area contributed by atoms with Gasteiger partial charge in [0, 0.05) is 4.47 Å². The van der Waals surface area contributed by atoms with E-state index in [9.17, 15) is 9.59 Å². The molecule has 5 nitrogen and oxygen atoms in total. The van der Waals surface area contributed by atoms with E-state index in [0.29, 0.717) is 20.6 Å². The highest BCUT2D eigenvalue weighted by Crippen LogP contribution is 2.30. The van der Waals surface area contributed by atoms with Crippen molar-refractivity contribution in [3.05, 3.63) is 68.4 Å². The maximum absolute atomic E-state index is 12.5. The number of thiophene rings is 1. The van der Waals surface area contributed by atoms with Crippen LogP contribution in [0.15, 0.2) is 51.6 Å². The number of nitrogens with one attached hydrogen (secondary N) is 2. The number of aryl methyl sites for hydroxylation is 1. The lowest BCUT2D eigenvalue weighted by molar-refractivity contribution is 0.0995. The van der Waals surface area contributed by atoms with Gasteiger partial charge in [-0.1, -0.05) is 27.5 Å². The Hall–Kier alpha value is -2.09. The van der Waals surface area contributed by atoms with Gasteiger partial charge in [-0.05, 0) is 48.9 Å². The molecule has 0 atom stereocenters. The minimum atomic E-state index is -0.367. The predicted molar refractivity (Wildman–Crippen MR) is 103 cm³/mol. The standard InChI is InChI=1S/C17H12BrClN2O3S/c1-9-7-14(21-16(22)13-3-2-6-24-13)25-15(9)17(23)20-12-5-4-10(18)8-11(12)19/h2-8H,1H3,(H,20,23)(H,21,22). The van der Waals surface area contributed by atoms with Crippen LogP contribution in [0.25, 0.3) is 0 Å². The third-order valence-corrected chi connectivity index (χ3v) is 5.24. The molecule has 0 radical (unpaired) electrons. The molecule has 2 heterocycles. The number of hydrogen-bond acceptors (Lipinski definition) is 4. The quantitative estimate of drug-likeness (QED) is 0.558. The maximum atomic E-state index is 12.5. The second kappa shape index (κ2) is 7.43. The van der Waals surface area contributed by atoms with Crippen molar-refractivity contribution in [3.63, 3.8) is 0 Å². The molecule has 2 amide bonds. The first-order chi connectivity index (χ1) is 11.9. The van der Waals surface area contributed by atoms with E-state index >= 15 is 0 Å². The van der Waals surface area contributed by atoms with Crippen LogP contribution >= 0.6 is 38.9 Å². The topological polar surface area (TPSA) is 71.3 Å². The van der Waals surface area contributed by atoms with Gasteiger partial charge in [-0.2, -0.15) is 0 Å². The van der Waals surface area contributed by atoms with Crippen molar-refractivity contribution in [2.45, 2.75) is 6.92 Å². The van der Waals surface area contributed by atoms with E-state index in [0.717, 1.165) is 10.0 Å². The molecule has 128 valence electrons. The van der Waals surface area contributed by atoms with Gasteiger partial charge >= 0.3 is 0 Å². The van der Waals surface area contributed by atoms with Gasteiger partial charge in [0.15, 0.2) is 5.76 Å². The molecule has 2 N–H and O–H groups in total. The van der Waals surface area contributed by atoms with Crippen LogP contribution in [0.3, 0.4) is 0 Å². The van der Waals surface area contributed by atoms with Gasteiger partial charge in [-0.15, -0.1) is 11.3 Å². The average molecular weight is 440 g/mol. The van der Waals surface area contributed by atoms with Gasteiger partial charge in [0.25, 0.3) is 11.8 Å². The number of carbonyl (C=O) groups is 2. The van der Waals surface area contributed by atoms with Crippen LogP contribution in [0, 0.1) is 6.92 Å².